The Kier molecular flexibility index (Phi) is 2.62. The predicted octanol–water partition coefficient (Wildman–Crippen LogP) is 0.316. The molecule has 6 nitrogen and oxygen atoms in total. The molecule has 1 unspecified atom stereocenters. The molecule has 2 fully saturated rings. The molecule has 3 rings (SSSR count). The number of β-amino-alcohol motifs (C(OH)–C–C–N with tert-alkyl or cyclic N) is 1. The van der Waals surface area contributed by atoms with Crippen LogP contribution in [0.5, 0.6) is 0 Å². The van der Waals surface area contributed by atoms with Gasteiger partial charge in [0.1, 0.15) is 6.10 Å². The molecular weight excluding hydrogens is 210 g/mol. The zero-order valence-electron chi connectivity index (χ0n) is 8.93. The fraction of sp³-hybridized carbons (Fsp3) is 0.800. The van der Waals surface area contributed by atoms with Gasteiger partial charge in [0.25, 0.3) is 0 Å². The van der Waals surface area contributed by atoms with Gasteiger partial charge in [0, 0.05) is 13.2 Å². The van der Waals surface area contributed by atoms with Crippen molar-refractivity contribution >= 4 is 0 Å². The van der Waals surface area contributed by atoms with Crippen LogP contribution >= 0.6 is 0 Å². The molecule has 0 aromatic carbocycles. The van der Waals surface area contributed by atoms with E-state index in [1.165, 1.54) is 0 Å². The van der Waals surface area contributed by atoms with Crippen LogP contribution in [0.25, 0.3) is 0 Å². The molecule has 2 N–H and O–H groups in total. The summed E-state index contributed by atoms with van der Waals surface area (Å²) < 4.78 is 10.7. The second-order valence-electron chi connectivity index (χ2n) is 4.34. The lowest BCUT2D eigenvalue weighted by atomic mass is 10.2. The van der Waals surface area contributed by atoms with Gasteiger partial charge in [-0.15, -0.1) is 0 Å². The van der Waals surface area contributed by atoms with Gasteiger partial charge < -0.3 is 19.7 Å². The molecule has 1 aromatic rings. The minimum atomic E-state index is -0.317. The topological polar surface area (TPSA) is 80.4 Å². The van der Waals surface area contributed by atoms with E-state index in [2.05, 4.69) is 15.5 Å². The molecule has 2 saturated heterocycles. The van der Waals surface area contributed by atoms with E-state index in [0.29, 0.717) is 24.7 Å². The average Bonchev–Trinajstić information content (AvgIpc) is 2.97. The molecule has 3 heterocycles. The summed E-state index contributed by atoms with van der Waals surface area (Å²) in [6.45, 7) is 1.36. The fourth-order valence-electron chi connectivity index (χ4n) is 2.21. The molecule has 0 bridgehead atoms. The van der Waals surface area contributed by atoms with Gasteiger partial charge in [-0.3, -0.25) is 0 Å². The quantitative estimate of drug-likeness (QED) is 0.754. The Morgan fingerprint density at radius 1 is 1.44 bits per heavy atom. The van der Waals surface area contributed by atoms with Gasteiger partial charge in [-0.05, 0) is 19.3 Å². The minimum absolute atomic E-state index is 0.0103. The minimum Gasteiger partial charge on any atom is -0.392 e. The highest BCUT2D eigenvalue weighted by atomic mass is 16.5. The molecule has 6 heteroatoms. The Morgan fingerprint density at radius 2 is 2.38 bits per heavy atom. The van der Waals surface area contributed by atoms with Crippen molar-refractivity contribution in [3.63, 3.8) is 0 Å². The van der Waals surface area contributed by atoms with E-state index < -0.39 is 0 Å². The van der Waals surface area contributed by atoms with Crippen molar-refractivity contribution in [1.82, 2.24) is 15.5 Å². The maximum atomic E-state index is 9.40. The number of aliphatic hydroxyl groups excluding tert-OH is 1. The van der Waals surface area contributed by atoms with Crippen molar-refractivity contribution in [2.75, 3.05) is 13.2 Å². The third-order valence-electron chi connectivity index (χ3n) is 3.08. The standard InChI is InChI=1S/C10H15N3O3/c14-6-4-7(11-5-6)10-12-9(13-16-10)8-2-1-3-15-8/h6-8,11,14H,1-5H2/t6-,7+,8?/m0/s1. The van der Waals surface area contributed by atoms with Crippen LogP contribution in [0.4, 0.5) is 0 Å². The largest absolute Gasteiger partial charge is 0.392 e. The molecule has 0 aliphatic carbocycles. The Morgan fingerprint density at radius 3 is 3.06 bits per heavy atom. The maximum absolute atomic E-state index is 9.40. The lowest BCUT2D eigenvalue weighted by molar-refractivity contribution is 0.103. The first kappa shape index (κ1) is 10.2. The van der Waals surface area contributed by atoms with Gasteiger partial charge >= 0.3 is 0 Å². The van der Waals surface area contributed by atoms with Crippen molar-refractivity contribution in [2.45, 2.75) is 37.5 Å². The van der Waals surface area contributed by atoms with Crippen molar-refractivity contribution in [3.05, 3.63) is 11.7 Å². The molecule has 16 heavy (non-hydrogen) atoms. The predicted molar refractivity (Wildman–Crippen MR) is 53.6 cm³/mol. The SMILES string of the molecule is O[C@@H]1CN[C@@H](c2nc(C3CCCO3)no2)C1. The van der Waals surface area contributed by atoms with Gasteiger partial charge in [-0.25, -0.2) is 0 Å². The van der Waals surface area contributed by atoms with E-state index in [1.807, 2.05) is 0 Å². The van der Waals surface area contributed by atoms with Crippen molar-refractivity contribution in [3.8, 4) is 0 Å². The van der Waals surface area contributed by atoms with Crippen LogP contribution in [0.3, 0.4) is 0 Å². The highest BCUT2D eigenvalue weighted by molar-refractivity contribution is 5.00. The lowest BCUT2D eigenvalue weighted by Crippen LogP contribution is -2.15. The zero-order chi connectivity index (χ0) is 11.0. The second kappa shape index (κ2) is 4.12. The number of nitrogens with one attached hydrogen (secondary N) is 1. The molecule has 2 aliphatic rings. The molecular formula is C10H15N3O3. The molecule has 2 aliphatic heterocycles. The summed E-state index contributed by atoms with van der Waals surface area (Å²) >= 11 is 0. The fourth-order valence-corrected chi connectivity index (χ4v) is 2.21. The Labute approximate surface area is 93.0 Å². The van der Waals surface area contributed by atoms with Crippen LogP contribution in [-0.2, 0) is 4.74 Å². The first-order chi connectivity index (χ1) is 7.83. The van der Waals surface area contributed by atoms with Crippen LogP contribution in [0.1, 0.15) is 43.1 Å². The zero-order valence-corrected chi connectivity index (χ0v) is 8.93. The van der Waals surface area contributed by atoms with E-state index >= 15 is 0 Å². The van der Waals surface area contributed by atoms with E-state index in [0.717, 1.165) is 19.4 Å². The van der Waals surface area contributed by atoms with Crippen LogP contribution in [-0.4, -0.2) is 34.5 Å². The Bertz CT molecular complexity index is 362. The smallest absolute Gasteiger partial charge is 0.243 e. The van der Waals surface area contributed by atoms with Crippen molar-refractivity contribution in [2.24, 2.45) is 0 Å². The first-order valence-electron chi connectivity index (χ1n) is 5.69. The molecule has 0 spiro atoms. The normalized spacial score (nSPS) is 34.7. The van der Waals surface area contributed by atoms with Crippen LogP contribution in [0.2, 0.25) is 0 Å². The molecule has 1 aromatic heterocycles. The van der Waals surface area contributed by atoms with Gasteiger partial charge in [-0.2, -0.15) is 4.98 Å². The molecule has 0 saturated carbocycles. The summed E-state index contributed by atoms with van der Waals surface area (Å²) in [5.41, 5.74) is 0. The second-order valence-corrected chi connectivity index (χ2v) is 4.34. The van der Waals surface area contributed by atoms with E-state index in [-0.39, 0.29) is 18.2 Å². The number of aromatic nitrogens is 2. The number of hydrogen-bond donors (Lipinski definition) is 2. The summed E-state index contributed by atoms with van der Waals surface area (Å²) in [4.78, 5) is 4.33. The Hall–Kier alpha value is -0.980. The first-order valence-corrected chi connectivity index (χ1v) is 5.69. The molecule has 88 valence electrons. The monoisotopic (exact) mass is 225 g/mol. The van der Waals surface area contributed by atoms with Gasteiger partial charge in [0.2, 0.25) is 11.7 Å². The summed E-state index contributed by atoms with van der Waals surface area (Å²) in [6, 6.07) is -0.0161. The number of ether oxygens (including phenoxy) is 1. The number of nitrogens with zero attached hydrogens (tertiary/aromatic N) is 2. The van der Waals surface area contributed by atoms with Crippen LogP contribution in [0, 0.1) is 0 Å². The van der Waals surface area contributed by atoms with Gasteiger partial charge in [0.15, 0.2) is 0 Å². The average molecular weight is 225 g/mol. The van der Waals surface area contributed by atoms with Crippen molar-refractivity contribution in [1.29, 1.82) is 0 Å². The summed E-state index contributed by atoms with van der Waals surface area (Å²) in [7, 11) is 0. The summed E-state index contributed by atoms with van der Waals surface area (Å²) in [6.07, 6.45) is 2.31. The van der Waals surface area contributed by atoms with E-state index in [1.54, 1.807) is 0 Å². The van der Waals surface area contributed by atoms with Gasteiger partial charge in [0.05, 0.1) is 12.1 Å². The summed E-state index contributed by atoms with van der Waals surface area (Å²) in [5, 5.41) is 16.5. The lowest BCUT2D eigenvalue weighted by Gasteiger charge is -2.03. The number of rotatable bonds is 2. The third-order valence-corrected chi connectivity index (χ3v) is 3.08. The van der Waals surface area contributed by atoms with Crippen molar-refractivity contribution < 1.29 is 14.4 Å². The van der Waals surface area contributed by atoms with E-state index in [9.17, 15) is 5.11 Å². The van der Waals surface area contributed by atoms with E-state index in [4.69, 9.17) is 9.26 Å². The molecule has 0 amide bonds. The van der Waals surface area contributed by atoms with Gasteiger partial charge in [-0.1, -0.05) is 5.16 Å². The summed E-state index contributed by atoms with van der Waals surface area (Å²) in [5.74, 6) is 1.19. The van der Waals surface area contributed by atoms with Crippen LogP contribution in [0.15, 0.2) is 4.52 Å². The third kappa shape index (κ3) is 1.83. The number of hydrogen-bond acceptors (Lipinski definition) is 6. The highest BCUT2D eigenvalue weighted by Gasteiger charge is 2.30. The maximum Gasteiger partial charge on any atom is 0.243 e. The highest BCUT2D eigenvalue weighted by Crippen LogP contribution is 2.28. The molecule has 0 radical (unpaired) electrons. The molecule has 3 atom stereocenters. The number of aliphatic hydroxyl groups is 1. The Balaban J connectivity index is 1.72. The van der Waals surface area contributed by atoms with Crippen LogP contribution < -0.4 is 5.32 Å².